The minimum Gasteiger partial charge on any atom is -0.494 e. The van der Waals surface area contributed by atoms with Crippen LogP contribution in [0.15, 0.2) is 60.8 Å². The van der Waals surface area contributed by atoms with Crippen LogP contribution in [-0.4, -0.2) is 87.8 Å². The van der Waals surface area contributed by atoms with E-state index in [-0.39, 0.29) is 24.1 Å². The van der Waals surface area contributed by atoms with Gasteiger partial charge in [-0.25, -0.2) is 4.98 Å². The van der Waals surface area contributed by atoms with E-state index in [1.165, 1.54) is 24.3 Å². The number of benzene rings is 2. The topological polar surface area (TPSA) is 91.4 Å². The molecule has 2 aromatic carbocycles. The van der Waals surface area contributed by atoms with Crippen LogP contribution < -0.4 is 29.9 Å². The maximum Gasteiger partial charge on any atom is 0.573 e. The Bertz CT molecular complexity index is 1510. The largest absolute Gasteiger partial charge is 0.573 e. The van der Waals surface area contributed by atoms with Gasteiger partial charge >= 0.3 is 6.36 Å². The van der Waals surface area contributed by atoms with Gasteiger partial charge in [-0.3, -0.25) is 9.69 Å². The summed E-state index contributed by atoms with van der Waals surface area (Å²) in [4.78, 5) is 24.8. The van der Waals surface area contributed by atoms with E-state index in [1.807, 2.05) is 18.2 Å². The second kappa shape index (κ2) is 15.3. The number of aromatic nitrogens is 1. The number of ether oxygens (including phenoxy) is 3. The van der Waals surface area contributed by atoms with Gasteiger partial charge in [-0.05, 0) is 61.6 Å². The number of hydrogen-bond acceptors (Lipinski definition) is 9. The number of anilines is 4. The van der Waals surface area contributed by atoms with Crippen molar-refractivity contribution in [2.75, 3.05) is 74.7 Å². The van der Waals surface area contributed by atoms with Crippen molar-refractivity contribution in [3.8, 4) is 11.5 Å². The van der Waals surface area contributed by atoms with E-state index in [4.69, 9.17) is 9.47 Å². The van der Waals surface area contributed by atoms with Crippen LogP contribution in [0.1, 0.15) is 31.2 Å². The Morgan fingerprint density at radius 2 is 1.69 bits per heavy atom. The molecule has 6 rings (SSSR count). The fourth-order valence-electron chi connectivity index (χ4n) is 6.80. The predicted molar refractivity (Wildman–Crippen MR) is 178 cm³/mol. The molecule has 0 aliphatic carbocycles. The molecule has 10 nitrogen and oxygen atoms in total. The highest BCUT2D eigenvalue weighted by atomic mass is 19.4. The molecule has 0 spiro atoms. The number of piperidine rings is 2. The molecular formula is C35H43F3N6O4. The average molecular weight is 669 g/mol. The molecule has 0 unspecified atom stereocenters. The van der Waals surface area contributed by atoms with Crippen LogP contribution in [0.25, 0.3) is 0 Å². The molecule has 2 N–H and O–H groups in total. The summed E-state index contributed by atoms with van der Waals surface area (Å²) in [7, 11) is 1.68. The third-order valence-electron chi connectivity index (χ3n) is 9.36. The van der Waals surface area contributed by atoms with E-state index in [0.29, 0.717) is 24.0 Å². The Labute approximate surface area is 279 Å². The van der Waals surface area contributed by atoms with Crippen molar-refractivity contribution < 1.29 is 32.2 Å². The van der Waals surface area contributed by atoms with Gasteiger partial charge in [0.15, 0.2) is 0 Å². The van der Waals surface area contributed by atoms with E-state index >= 15 is 0 Å². The minimum absolute atomic E-state index is 0.0853. The van der Waals surface area contributed by atoms with Gasteiger partial charge in [0.2, 0.25) is 5.91 Å². The van der Waals surface area contributed by atoms with Gasteiger partial charge in [-0.15, -0.1) is 13.2 Å². The quantitative estimate of drug-likeness (QED) is 0.288. The summed E-state index contributed by atoms with van der Waals surface area (Å²) >= 11 is 0. The van der Waals surface area contributed by atoms with Gasteiger partial charge in [0.25, 0.3) is 0 Å². The molecule has 4 heterocycles. The van der Waals surface area contributed by atoms with Gasteiger partial charge in [0, 0.05) is 81.6 Å². The molecule has 0 bridgehead atoms. The Morgan fingerprint density at radius 3 is 2.42 bits per heavy atom. The first kappa shape index (κ1) is 33.7. The lowest BCUT2D eigenvalue weighted by atomic mass is 9.96. The molecule has 1 amide bonds. The van der Waals surface area contributed by atoms with Crippen LogP contribution in [0.4, 0.5) is 36.1 Å². The maximum absolute atomic E-state index is 13.1. The van der Waals surface area contributed by atoms with E-state index in [1.54, 1.807) is 13.3 Å². The van der Waals surface area contributed by atoms with Gasteiger partial charge < -0.3 is 34.6 Å². The van der Waals surface area contributed by atoms with Crippen molar-refractivity contribution in [3.05, 3.63) is 66.4 Å². The number of carbonyl (C=O) groups is 1. The zero-order chi connectivity index (χ0) is 33.5. The number of carbonyl (C=O) groups excluding carboxylic acids is 1. The normalized spacial score (nSPS) is 19.5. The molecule has 258 valence electrons. The Hall–Kier alpha value is -4.23. The molecule has 1 aromatic heterocycles. The number of methoxy groups -OCH3 is 1. The summed E-state index contributed by atoms with van der Waals surface area (Å²) in [6.45, 7) is 7.30. The summed E-state index contributed by atoms with van der Waals surface area (Å²) in [6, 6.07) is 16.3. The summed E-state index contributed by atoms with van der Waals surface area (Å²) in [5.41, 5.74) is 3.61. The fraction of sp³-hybridized carbons (Fsp3) is 0.486. The second-order valence-corrected chi connectivity index (χ2v) is 12.5. The lowest BCUT2D eigenvalue weighted by Gasteiger charge is -2.40. The van der Waals surface area contributed by atoms with Crippen LogP contribution in [0.5, 0.6) is 11.5 Å². The first-order valence-corrected chi connectivity index (χ1v) is 16.6. The average Bonchev–Trinajstić information content (AvgIpc) is 3.11. The molecular weight excluding hydrogens is 625 g/mol. The van der Waals surface area contributed by atoms with Gasteiger partial charge in [-0.1, -0.05) is 12.1 Å². The van der Waals surface area contributed by atoms with Crippen molar-refractivity contribution in [1.82, 2.24) is 15.2 Å². The van der Waals surface area contributed by atoms with Gasteiger partial charge in [-0.2, -0.15) is 0 Å². The number of nitrogens with one attached hydrogen (secondary N) is 2. The van der Waals surface area contributed by atoms with Gasteiger partial charge in [0.05, 0.1) is 31.9 Å². The van der Waals surface area contributed by atoms with Crippen LogP contribution in [0.3, 0.4) is 0 Å². The molecule has 48 heavy (non-hydrogen) atoms. The summed E-state index contributed by atoms with van der Waals surface area (Å²) in [5, 5.41) is 6.35. The summed E-state index contributed by atoms with van der Waals surface area (Å²) < 4.78 is 52.5. The number of nitrogens with zero attached hydrogens (tertiary/aromatic N) is 4. The first-order valence-electron chi connectivity index (χ1n) is 16.6. The Kier molecular flexibility index (Phi) is 10.8. The second-order valence-electron chi connectivity index (χ2n) is 12.5. The molecule has 13 heteroatoms. The predicted octanol–water partition coefficient (Wildman–Crippen LogP) is 5.57. The smallest absolute Gasteiger partial charge is 0.494 e. The third kappa shape index (κ3) is 8.81. The molecule has 1 atom stereocenters. The lowest BCUT2D eigenvalue weighted by molar-refractivity contribution is -0.274. The van der Waals surface area contributed by atoms with Crippen LogP contribution in [0.2, 0.25) is 0 Å². The highest BCUT2D eigenvalue weighted by Crippen LogP contribution is 2.34. The number of pyridine rings is 1. The number of amides is 1. The number of halogens is 3. The number of alkyl halides is 3. The molecule has 3 fully saturated rings. The van der Waals surface area contributed by atoms with E-state index < -0.39 is 6.36 Å². The molecule has 3 aliphatic rings. The third-order valence-corrected chi connectivity index (χ3v) is 9.36. The summed E-state index contributed by atoms with van der Waals surface area (Å²) in [5.74, 6) is 0.819. The number of rotatable bonds is 10. The van der Waals surface area contributed by atoms with Gasteiger partial charge in [0.1, 0.15) is 17.3 Å². The Morgan fingerprint density at radius 1 is 0.938 bits per heavy atom. The van der Waals surface area contributed by atoms with Crippen LogP contribution in [-0.2, 0) is 16.1 Å². The molecule has 3 aliphatic heterocycles. The SMILES string of the molecule is COc1cc(N2CCC(N3CCOCC3)CC2)ccc1Nc1cc(N2CCC[C@@H](C(=O)NCc3ccc(OC(F)(F)F)cc3)C2)ccn1. The van der Waals surface area contributed by atoms with E-state index in [9.17, 15) is 18.0 Å². The lowest BCUT2D eigenvalue weighted by Crippen LogP contribution is -2.49. The van der Waals surface area contributed by atoms with Crippen molar-refractivity contribution in [2.45, 2.75) is 44.6 Å². The fourth-order valence-corrected chi connectivity index (χ4v) is 6.80. The minimum atomic E-state index is -4.74. The molecule has 3 saturated heterocycles. The van der Waals surface area contributed by atoms with Crippen LogP contribution in [0, 0.1) is 5.92 Å². The zero-order valence-corrected chi connectivity index (χ0v) is 27.2. The highest BCUT2D eigenvalue weighted by molar-refractivity contribution is 5.79. The van der Waals surface area contributed by atoms with Crippen LogP contribution >= 0.6 is 0 Å². The first-order chi connectivity index (χ1) is 23.2. The Balaban J connectivity index is 1.02. The molecule has 3 aromatic rings. The van der Waals surface area contributed by atoms with E-state index in [0.717, 1.165) is 94.4 Å². The molecule has 0 saturated carbocycles. The highest BCUT2D eigenvalue weighted by Gasteiger charge is 2.31. The van der Waals surface area contributed by atoms with Crippen molar-refractivity contribution in [1.29, 1.82) is 0 Å². The number of hydrogen-bond donors (Lipinski definition) is 2. The van der Waals surface area contributed by atoms with E-state index in [2.05, 4.69) is 47.2 Å². The zero-order valence-electron chi connectivity index (χ0n) is 27.2. The van der Waals surface area contributed by atoms with Crippen molar-refractivity contribution in [3.63, 3.8) is 0 Å². The standard InChI is InChI=1S/C35H43F3N6O4/c1-46-32-21-28(42-15-11-27(12-16-42)43-17-19-47-20-18-43)6-9-31(32)41-33-22-29(10-13-39-33)44-14-2-3-26(24-44)34(45)40-23-25-4-7-30(8-5-25)48-35(36,37)38/h4-10,13,21-22,26-27H,2-3,11-12,14-20,23-24H2,1H3,(H,39,41)(H,40,45)/t26-/m1/s1. The van der Waals surface area contributed by atoms with Crippen molar-refractivity contribution in [2.24, 2.45) is 5.92 Å². The maximum atomic E-state index is 13.1. The number of morpholine rings is 1. The summed E-state index contributed by atoms with van der Waals surface area (Å²) in [6.07, 6.45) is 0.893. The monoisotopic (exact) mass is 668 g/mol. The molecule has 0 radical (unpaired) electrons. The van der Waals surface area contributed by atoms with Crippen molar-refractivity contribution >= 4 is 28.8 Å².